The summed E-state index contributed by atoms with van der Waals surface area (Å²) in [6, 6.07) is 2.16. The van der Waals surface area contributed by atoms with Gasteiger partial charge in [0.15, 0.2) is 9.84 Å². The number of nitriles is 1. The van der Waals surface area contributed by atoms with E-state index in [1.54, 1.807) is 0 Å². The molecule has 0 aromatic heterocycles. The van der Waals surface area contributed by atoms with Gasteiger partial charge in [0.1, 0.15) is 11.0 Å². The second kappa shape index (κ2) is 4.48. The van der Waals surface area contributed by atoms with Gasteiger partial charge in [-0.1, -0.05) is 0 Å². The van der Waals surface area contributed by atoms with Crippen LogP contribution in [-0.2, 0) is 14.6 Å². The van der Waals surface area contributed by atoms with Crippen LogP contribution in [0.1, 0.15) is 32.1 Å². The summed E-state index contributed by atoms with van der Waals surface area (Å²) in [7, 11) is -3.36. The predicted octanol–water partition coefficient (Wildman–Crippen LogP) is 0.635. The minimum atomic E-state index is -3.36. The lowest BCUT2D eigenvalue weighted by Gasteiger charge is -2.45. The van der Waals surface area contributed by atoms with Crippen molar-refractivity contribution in [3.63, 3.8) is 0 Å². The summed E-state index contributed by atoms with van der Waals surface area (Å²) in [6.45, 7) is 0.703. The molecule has 3 unspecified atom stereocenters. The van der Waals surface area contributed by atoms with Crippen molar-refractivity contribution >= 4 is 9.84 Å². The molecule has 1 saturated carbocycles. The molecule has 2 fully saturated rings. The van der Waals surface area contributed by atoms with E-state index in [0.29, 0.717) is 38.7 Å². The van der Waals surface area contributed by atoms with Crippen molar-refractivity contribution in [3.05, 3.63) is 0 Å². The van der Waals surface area contributed by atoms with Crippen LogP contribution in [0.25, 0.3) is 0 Å². The Morgan fingerprint density at radius 3 is 2.61 bits per heavy atom. The first kappa shape index (κ1) is 13.8. The van der Waals surface area contributed by atoms with E-state index >= 15 is 0 Å². The lowest BCUT2D eigenvalue weighted by atomic mass is 9.68. The van der Waals surface area contributed by atoms with Gasteiger partial charge in [0.2, 0.25) is 0 Å². The molecule has 0 radical (unpaired) electrons. The average molecular weight is 273 g/mol. The molecule has 0 spiro atoms. The summed E-state index contributed by atoms with van der Waals surface area (Å²) in [5, 5.41) is 19.5. The van der Waals surface area contributed by atoms with Crippen LogP contribution in [-0.4, -0.2) is 43.8 Å². The highest BCUT2D eigenvalue weighted by Crippen LogP contribution is 2.50. The summed E-state index contributed by atoms with van der Waals surface area (Å²) in [5.41, 5.74) is -2.54. The largest absolute Gasteiger partial charge is 0.387 e. The SMILES string of the molecule is CS(=O)(=O)C1CCCC1(O)C1(C#N)CCCOC1. The molecule has 18 heavy (non-hydrogen) atoms. The number of rotatable bonds is 2. The molecule has 2 rings (SSSR count). The molecule has 3 atom stereocenters. The van der Waals surface area contributed by atoms with E-state index in [9.17, 15) is 18.8 Å². The third-order valence-electron chi connectivity index (χ3n) is 4.36. The number of hydrogen-bond acceptors (Lipinski definition) is 5. The van der Waals surface area contributed by atoms with E-state index in [1.807, 2.05) is 0 Å². The first-order valence-electron chi connectivity index (χ1n) is 6.26. The fraction of sp³-hybridized carbons (Fsp3) is 0.917. The Hall–Kier alpha value is -0.640. The fourth-order valence-corrected chi connectivity index (χ4v) is 5.04. The first-order valence-corrected chi connectivity index (χ1v) is 8.21. The van der Waals surface area contributed by atoms with E-state index in [-0.39, 0.29) is 6.61 Å². The number of sulfone groups is 1. The van der Waals surface area contributed by atoms with Crippen molar-refractivity contribution in [2.24, 2.45) is 5.41 Å². The van der Waals surface area contributed by atoms with Gasteiger partial charge in [0.05, 0.1) is 17.9 Å². The van der Waals surface area contributed by atoms with Crippen molar-refractivity contribution in [2.45, 2.75) is 43.0 Å². The summed E-state index contributed by atoms with van der Waals surface area (Å²) in [5.74, 6) is 0. The maximum absolute atomic E-state index is 11.8. The summed E-state index contributed by atoms with van der Waals surface area (Å²) in [6.07, 6.45) is 3.76. The molecule has 0 amide bonds. The molecule has 0 bridgehead atoms. The molecule has 5 nitrogen and oxygen atoms in total. The monoisotopic (exact) mass is 273 g/mol. The van der Waals surface area contributed by atoms with Crippen LogP contribution in [0.5, 0.6) is 0 Å². The third kappa shape index (κ3) is 1.94. The van der Waals surface area contributed by atoms with Gasteiger partial charge in [-0.25, -0.2) is 8.42 Å². The number of ether oxygens (including phenoxy) is 1. The molecular formula is C12H19NO4S. The minimum absolute atomic E-state index is 0.131. The zero-order valence-electron chi connectivity index (χ0n) is 10.6. The summed E-state index contributed by atoms with van der Waals surface area (Å²) in [4.78, 5) is 0. The normalized spacial score (nSPS) is 41.5. The van der Waals surface area contributed by atoms with Crippen molar-refractivity contribution in [1.82, 2.24) is 0 Å². The zero-order valence-corrected chi connectivity index (χ0v) is 11.4. The summed E-state index contributed by atoms with van der Waals surface area (Å²) >= 11 is 0. The van der Waals surface area contributed by atoms with Crippen LogP contribution in [0, 0.1) is 16.7 Å². The molecule has 1 saturated heterocycles. The van der Waals surface area contributed by atoms with Gasteiger partial charge in [-0.2, -0.15) is 5.26 Å². The van der Waals surface area contributed by atoms with Gasteiger partial charge in [0.25, 0.3) is 0 Å². The van der Waals surface area contributed by atoms with E-state index in [1.165, 1.54) is 0 Å². The topological polar surface area (TPSA) is 87.4 Å². The predicted molar refractivity (Wildman–Crippen MR) is 65.5 cm³/mol. The van der Waals surface area contributed by atoms with Crippen LogP contribution in [0.4, 0.5) is 0 Å². The van der Waals surface area contributed by atoms with Gasteiger partial charge >= 0.3 is 0 Å². The number of nitrogens with zero attached hydrogens (tertiary/aromatic N) is 1. The van der Waals surface area contributed by atoms with E-state index in [0.717, 1.165) is 6.26 Å². The highest BCUT2D eigenvalue weighted by atomic mass is 32.2. The van der Waals surface area contributed by atoms with Crippen LogP contribution in [0.3, 0.4) is 0 Å². The number of aliphatic hydroxyl groups is 1. The van der Waals surface area contributed by atoms with Gasteiger partial charge in [-0.15, -0.1) is 0 Å². The Balaban J connectivity index is 2.42. The minimum Gasteiger partial charge on any atom is -0.387 e. The Kier molecular flexibility index (Phi) is 3.43. The Labute approximate surface area is 108 Å². The van der Waals surface area contributed by atoms with Gasteiger partial charge in [-0.05, 0) is 32.1 Å². The zero-order chi connectivity index (χ0) is 13.4. The smallest absolute Gasteiger partial charge is 0.153 e. The lowest BCUT2D eigenvalue weighted by Crippen LogP contribution is -2.58. The Morgan fingerprint density at radius 2 is 2.11 bits per heavy atom. The Morgan fingerprint density at radius 1 is 1.39 bits per heavy atom. The fourth-order valence-electron chi connectivity index (χ4n) is 3.39. The van der Waals surface area contributed by atoms with Crippen LogP contribution in [0.15, 0.2) is 0 Å². The van der Waals surface area contributed by atoms with Crippen LogP contribution in [0.2, 0.25) is 0 Å². The molecule has 6 heteroatoms. The van der Waals surface area contributed by atoms with Crippen molar-refractivity contribution < 1.29 is 18.3 Å². The molecule has 1 aliphatic carbocycles. The number of hydrogen-bond donors (Lipinski definition) is 1. The van der Waals surface area contributed by atoms with Gasteiger partial charge in [0, 0.05) is 12.9 Å². The molecule has 0 aromatic rings. The van der Waals surface area contributed by atoms with E-state index < -0.39 is 26.1 Å². The van der Waals surface area contributed by atoms with Crippen molar-refractivity contribution in [1.29, 1.82) is 5.26 Å². The van der Waals surface area contributed by atoms with Crippen molar-refractivity contribution in [3.8, 4) is 6.07 Å². The highest BCUT2D eigenvalue weighted by molar-refractivity contribution is 7.91. The van der Waals surface area contributed by atoms with Crippen molar-refractivity contribution in [2.75, 3.05) is 19.5 Å². The molecule has 0 aromatic carbocycles. The van der Waals surface area contributed by atoms with Crippen LogP contribution >= 0.6 is 0 Å². The lowest BCUT2D eigenvalue weighted by molar-refractivity contribution is -0.112. The first-order chi connectivity index (χ1) is 8.36. The van der Waals surface area contributed by atoms with Crippen LogP contribution < -0.4 is 0 Å². The molecule has 102 valence electrons. The quantitative estimate of drug-likeness (QED) is 0.797. The second-order valence-electron chi connectivity index (χ2n) is 5.48. The highest BCUT2D eigenvalue weighted by Gasteiger charge is 2.61. The maximum Gasteiger partial charge on any atom is 0.153 e. The van der Waals surface area contributed by atoms with Gasteiger partial charge < -0.3 is 9.84 Å². The summed E-state index contributed by atoms with van der Waals surface area (Å²) < 4.78 is 29.0. The van der Waals surface area contributed by atoms with E-state index in [2.05, 4.69) is 6.07 Å². The molecule has 1 aliphatic heterocycles. The Bertz CT molecular complexity index is 461. The third-order valence-corrected chi connectivity index (χ3v) is 6.02. The molecule has 2 aliphatic rings. The maximum atomic E-state index is 11.8. The van der Waals surface area contributed by atoms with E-state index in [4.69, 9.17) is 4.74 Å². The molecule has 1 N–H and O–H groups in total. The molecular weight excluding hydrogens is 254 g/mol. The molecule has 1 heterocycles. The average Bonchev–Trinajstić information content (AvgIpc) is 2.74. The standard InChI is InChI=1S/C12H19NO4S/c1-18(15,16)10-4-2-6-12(10,14)11(8-13)5-3-7-17-9-11/h10,14H,2-7,9H2,1H3. The second-order valence-corrected chi connectivity index (χ2v) is 7.71. The van der Waals surface area contributed by atoms with Gasteiger partial charge in [-0.3, -0.25) is 0 Å².